The van der Waals surface area contributed by atoms with Gasteiger partial charge in [-0.05, 0) is 43.8 Å². The first-order valence-corrected chi connectivity index (χ1v) is 8.96. The molecule has 1 aromatic carbocycles. The fraction of sp³-hybridized carbons (Fsp3) is 0.263. The third kappa shape index (κ3) is 3.26. The van der Waals surface area contributed by atoms with Gasteiger partial charge in [0, 0.05) is 4.88 Å². The first-order valence-electron chi connectivity index (χ1n) is 8.08. The van der Waals surface area contributed by atoms with E-state index in [-0.39, 0.29) is 11.9 Å². The molecule has 1 N–H and O–H groups in total. The van der Waals surface area contributed by atoms with Crippen LogP contribution in [0.3, 0.4) is 0 Å². The van der Waals surface area contributed by atoms with Gasteiger partial charge in [0.2, 0.25) is 0 Å². The number of aromatic nitrogens is 2. The maximum Gasteiger partial charge on any atom is 0.255 e. The SMILES string of the molecule is CCc1c(C(=O)NC(C)c2cccs2)cnn1-c1ccc(C)cc1. The first kappa shape index (κ1) is 16.5. The Morgan fingerprint density at radius 1 is 1.29 bits per heavy atom. The van der Waals surface area contributed by atoms with Gasteiger partial charge in [-0.15, -0.1) is 11.3 Å². The summed E-state index contributed by atoms with van der Waals surface area (Å²) in [6.45, 7) is 6.10. The minimum absolute atomic E-state index is 0.00932. The van der Waals surface area contributed by atoms with Crippen molar-refractivity contribution in [1.29, 1.82) is 0 Å². The quantitative estimate of drug-likeness (QED) is 0.753. The van der Waals surface area contributed by atoms with Gasteiger partial charge in [-0.25, -0.2) is 4.68 Å². The first-order chi connectivity index (χ1) is 11.6. The van der Waals surface area contributed by atoms with Crippen LogP contribution in [0, 0.1) is 6.92 Å². The second-order valence-corrected chi connectivity index (χ2v) is 6.80. The lowest BCUT2D eigenvalue weighted by molar-refractivity contribution is 0.0939. The summed E-state index contributed by atoms with van der Waals surface area (Å²) in [6.07, 6.45) is 2.40. The predicted octanol–water partition coefficient (Wildman–Crippen LogP) is 4.30. The van der Waals surface area contributed by atoms with Crippen LogP contribution in [0.5, 0.6) is 0 Å². The molecule has 24 heavy (non-hydrogen) atoms. The van der Waals surface area contributed by atoms with E-state index in [0.29, 0.717) is 5.56 Å². The Bertz CT molecular complexity index is 819. The molecule has 0 aliphatic rings. The third-order valence-corrected chi connectivity index (χ3v) is 5.10. The van der Waals surface area contributed by atoms with Crippen LogP contribution in [-0.2, 0) is 6.42 Å². The second kappa shape index (κ2) is 7.01. The summed E-state index contributed by atoms with van der Waals surface area (Å²) in [5.74, 6) is -0.0777. The van der Waals surface area contributed by atoms with Gasteiger partial charge in [0.1, 0.15) is 0 Å². The molecule has 3 aromatic rings. The molecule has 0 fully saturated rings. The number of amides is 1. The summed E-state index contributed by atoms with van der Waals surface area (Å²) in [5.41, 5.74) is 3.74. The van der Waals surface area contributed by atoms with Gasteiger partial charge in [0.05, 0.1) is 29.2 Å². The second-order valence-electron chi connectivity index (χ2n) is 5.82. The molecule has 124 valence electrons. The van der Waals surface area contributed by atoms with E-state index in [0.717, 1.165) is 22.7 Å². The molecule has 0 bridgehead atoms. The number of aryl methyl sites for hydroxylation is 1. The van der Waals surface area contributed by atoms with Crippen molar-refractivity contribution < 1.29 is 4.79 Å². The minimum atomic E-state index is -0.0777. The molecule has 2 heterocycles. The largest absolute Gasteiger partial charge is 0.345 e. The molecule has 0 aliphatic carbocycles. The van der Waals surface area contributed by atoms with E-state index in [2.05, 4.69) is 29.5 Å². The van der Waals surface area contributed by atoms with Crippen molar-refractivity contribution in [2.75, 3.05) is 0 Å². The van der Waals surface area contributed by atoms with Gasteiger partial charge in [-0.1, -0.05) is 30.7 Å². The molecular weight excluding hydrogens is 318 g/mol. The average molecular weight is 339 g/mol. The molecule has 3 rings (SSSR count). The number of carbonyl (C=O) groups excluding carboxylic acids is 1. The van der Waals surface area contributed by atoms with Gasteiger partial charge in [-0.3, -0.25) is 4.79 Å². The van der Waals surface area contributed by atoms with Crippen molar-refractivity contribution in [3.05, 3.63) is 69.7 Å². The van der Waals surface area contributed by atoms with Gasteiger partial charge < -0.3 is 5.32 Å². The van der Waals surface area contributed by atoms with E-state index < -0.39 is 0 Å². The Balaban J connectivity index is 1.86. The van der Waals surface area contributed by atoms with E-state index in [9.17, 15) is 4.79 Å². The standard InChI is InChI=1S/C19H21N3OS/c1-4-17-16(19(23)21-14(3)18-6-5-11-24-18)12-20-22(17)15-9-7-13(2)8-10-15/h5-12,14H,4H2,1-3H3,(H,21,23). The maximum atomic E-state index is 12.7. The lowest BCUT2D eigenvalue weighted by Gasteiger charge is -2.13. The highest BCUT2D eigenvalue weighted by atomic mass is 32.1. The summed E-state index contributed by atoms with van der Waals surface area (Å²) >= 11 is 1.65. The number of thiophene rings is 1. The molecule has 1 amide bonds. The summed E-state index contributed by atoms with van der Waals surface area (Å²) in [7, 11) is 0. The van der Waals surface area contributed by atoms with Crippen LogP contribution in [0.4, 0.5) is 0 Å². The molecule has 0 spiro atoms. The number of benzene rings is 1. The molecule has 0 saturated heterocycles. The highest BCUT2D eigenvalue weighted by molar-refractivity contribution is 7.10. The van der Waals surface area contributed by atoms with E-state index in [1.165, 1.54) is 5.56 Å². The van der Waals surface area contributed by atoms with E-state index in [1.54, 1.807) is 17.5 Å². The molecule has 0 aliphatic heterocycles. The number of rotatable bonds is 5. The van der Waals surface area contributed by atoms with Crippen LogP contribution in [0.25, 0.3) is 5.69 Å². The molecule has 1 unspecified atom stereocenters. The minimum Gasteiger partial charge on any atom is -0.345 e. The average Bonchev–Trinajstić information content (AvgIpc) is 3.25. The van der Waals surface area contributed by atoms with Crippen LogP contribution < -0.4 is 5.32 Å². The van der Waals surface area contributed by atoms with Crippen molar-refractivity contribution in [3.8, 4) is 5.69 Å². The lowest BCUT2D eigenvalue weighted by Crippen LogP contribution is -2.26. The van der Waals surface area contributed by atoms with Crippen molar-refractivity contribution in [3.63, 3.8) is 0 Å². The van der Waals surface area contributed by atoms with Crippen molar-refractivity contribution in [1.82, 2.24) is 15.1 Å². The summed E-state index contributed by atoms with van der Waals surface area (Å²) in [4.78, 5) is 13.8. The highest BCUT2D eigenvalue weighted by Crippen LogP contribution is 2.20. The van der Waals surface area contributed by atoms with Gasteiger partial charge >= 0.3 is 0 Å². The number of nitrogens with one attached hydrogen (secondary N) is 1. The zero-order valence-electron chi connectivity index (χ0n) is 14.1. The topological polar surface area (TPSA) is 46.9 Å². The van der Waals surface area contributed by atoms with Crippen LogP contribution >= 0.6 is 11.3 Å². The Kier molecular flexibility index (Phi) is 4.81. The summed E-state index contributed by atoms with van der Waals surface area (Å²) in [5, 5.41) is 9.52. The number of hydrogen-bond acceptors (Lipinski definition) is 3. The molecular formula is C19H21N3OS. The lowest BCUT2D eigenvalue weighted by atomic mass is 10.1. The van der Waals surface area contributed by atoms with Crippen LogP contribution in [0.15, 0.2) is 48.0 Å². The molecule has 1 atom stereocenters. The molecule has 5 heteroatoms. The van der Waals surface area contributed by atoms with E-state index in [4.69, 9.17) is 0 Å². The zero-order valence-corrected chi connectivity index (χ0v) is 14.9. The molecule has 0 saturated carbocycles. The summed E-state index contributed by atoms with van der Waals surface area (Å²) < 4.78 is 1.85. The zero-order chi connectivity index (χ0) is 17.1. The van der Waals surface area contributed by atoms with Crippen LogP contribution in [-0.4, -0.2) is 15.7 Å². The van der Waals surface area contributed by atoms with Crippen molar-refractivity contribution >= 4 is 17.2 Å². The number of hydrogen-bond donors (Lipinski definition) is 1. The molecule has 0 radical (unpaired) electrons. The summed E-state index contributed by atoms with van der Waals surface area (Å²) in [6, 6.07) is 12.2. The Morgan fingerprint density at radius 2 is 2.04 bits per heavy atom. The Hall–Kier alpha value is -2.40. The van der Waals surface area contributed by atoms with E-state index >= 15 is 0 Å². The molecule has 2 aromatic heterocycles. The van der Waals surface area contributed by atoms with Gasteiger partial charge in [0.15, 0.2) is 0 Å². The fourth-order valence-corrected chi connectivity index (χ4v) is 3.43. The highest BCUT2D eigenvalue weighted by Gasteiger charge is 2.19. The number of carbonyl (C=O) groups is 1. The van der Waals surface area contributed by atoms with Crippen molar-refractivity contribution in [2.24, 2.45) is 0 Å². The van der Waals surface area contributed by atoms with Gasteiger partial charge in [0.25, 0.3) is 5.91 Å². The fourth-order valence-electron chi connectivity index (χ4n) is 2.70. The van der Waals surface area contributed by atoms with Gasteiger partial charge in [-0.2, -0.15) is 5.10 Å². The van der Waals surface area contributed by atoms with Crippen LogP contribution in [0.2, 0.25) is 0 Å². The Morgan fingerprint density at radius 3 is 2.67 bits per heavy atom. The predicted molar refractivity (Wildman–Crippen MR) is 97.9 cm³/mol. The maximum absolute atomic E-state index is 12.7. The Labute approximate surface area is 146 Å². The number of nitrogens with zero attached hydrogens (tertiary/aromatic N) is 2. The van der Waals surface area contributed by atoms with E-state index in [1.807, 2.05) is 48.2 Å². The normalized spacial score (nSPS) is 12.1. The smallest absolute Gasteiger partial charge is 0.255 e. The molecule has 4 nitrogen and oxygen atoms in total. The third-order valence-electron chi connectivity index (χ3n) is 4.04. The van der Waals surface area contributed by atoms with Crippen molar-refractivity contribution in [2.45, 2.75) is 33.2 Å². The monoisotopic (exact) mass is 339 g/mol. The van der Waals surface area contributed by atoms with Crippen LogP contribution in [0.1, 0.15) is 46.4 Å².